The smallest absolute Gasteiger partial charge is 0.264 e. The second-order valence-electron chi connectivity index (χ2n) is 8.31. The van der Waals surface area contributed by atoms with Gasteiger partial charge in [0.15, 0.2) is 6.61 Å². The largest absolute Gasteiger partial charge is 0.468 e. The average molecular weight is 467 g/mol. The zero-order valence-electron chi connectivity index (χ0n) is 18.1. The van der Waals surface area contributed by atoms with Crippen LogP contribution in [0.4, 0.5) is 0 Å². The maximum atomic E-state index is 13.5. The van der Waals surface area contributed by atoms with E-state index in [0.717, 1.165) is 24.8 Å². The number of aryl methyl sites for hydroxylation is 1. The minimum Gasteiger partial charge on any atom is -0.468 e. The van der Waals surface area contributed by atoms with Gasteiger partial charge >= 0.3 is 0 Å². The summed E-state index contributed by atoms with van der Waals surface area (Å²) in [6, 6.07) is 10.6. The van der Waals surface area contributed by atoms with Gasteiger partial charge in [0.25, 0.3) is 11.5 Å². The summed E-state index contributed by atoms with van der Waals surface area (Å²) in [5.41, 5.74) is 1.07. The molecule has 3 heterocycles. The number of benzene rings is 1. The summed E-state index contributed by atoms with van der Waals surface area (Å²) in [6.45, 7) is 1.62. The monoisotopic (exact) mass is 466 g/mol. The number of nitrogens with one attached hydrogen (secondary N) is 1. The van der Waals surface area contributed by atoms with E-state index in [0.29, 0.717) is 39.4 Å². The van der Waals surface area contributed by atoms with E-state index in [2.05, 4.69) is 15.5 Å². The molecule has 3 aromatic heterocycles. The Morgan fingerprint density at radius 2 is 2.12 bits per heavy atom. The number of amides is 1. The number of halogens is 1. The molecule has 1 aliphatic rings. The fourth-order valence-corrected chi connectivity index (χ4v) is 4.96. The maximum absolute atomic E-state index is 13.5. The lowest BCUT2D eigenvalue weighted by Crippen LogP contribution is -2.42. The highest BCUT2D eigenvalue weighted by Crippen LogP contribution is 2.35. The number of pyridine rings is 2. The van der Waals surface area contributed by atoms with E-state index in [1.54, 1.807) is 42.0 Å². The molecule has 1 amide bonds. The van der Waals surface area contributed by atoms with Crippen molar-refractivity contribution in [2.24, 2.45) is 0 Å². The number of carbonyl (C=O) groups excluding carboxylic acids is 1. The normalized spacial score (nSPS) is 18.5. The summed E-state index contributed by atoms with van der Waals surface area (Å²) in [4.78, 5) is 30.1. The quantitative estimate of drug-likeness (QED) is 0.473. The van der Waals surface area contributed by atoms with Crippen LogP contribution in [0.3, 0.4) is 0 Å². The molecule has 1 aliphatic carbocycles. The molecule has 170 valence electrons. The van der Waals surface area contributed by atoms with Crippen molar-refractivity contribution in [2.75, 3.05) is 6.61 Å². The summed E-state index contributed by atoms with van der Waals surface area (Å²) < 4.78 is 12.6. The lowest BCUT2D eigenvalue weighted by Gasteiger charge is -2.32. The minimum atomic E-state index is -0.211. The van der Waals surface area contributed by atoms with Gasteiger partial charge in [0.05, 0.1) is 10.5 Å². The van der Waals surface area contributed by atoms with E-state index < -0.39 is 0 Å². The van der Waals surface area contributed by atoms with Crippen LogP contribution >= 0.6 is 11.6 Å². The van der Waals surface area contributed by atoms with Crippen molar-refractivity contribution in [3.8, 4) is 5.88 Å². The SMILES string of the molecule is Cc1onc2c1c(=O)n(C1CCCC(NC(=O)COc3ccccn3)C1)c1cccc(Cl)c21. The van der Waals surface area contributed by atoms with Crippen molar-refractivity contribution < 1.29 is 14.1 Å². The first-order valence-electron chi connectivity index (χ1n) is 10.9. The number of hydrogen-bond donors (Lipinski definition) is 1. The Labute approximate surface area is 194 Å². The molecule has 0 radical (unpaired) electrons. The number of nitrogens with zero attached hydrogens (tertiary/aromatic N) is 3. The van der Waals surface area contributed by atoms with Crippen LogP contribution in [-0.4, -0.2) is 33.3 Å². The maximum Gasteiger partial charge on any atom is 0.264 e. The van der Waals surface area contributed by atoms with E-state index in [-0.39, 0.29) is 30.2 Å². The minimum absolute atomic E-state index is 0.0658. The summed E-state index contributed by atoms with van der Waals surface area (Å²) in [6.07, 6.45) is 4.79. The molecule has 0 spiro atoms. The molecule has 9 heteroatoms. The van der Waals surface area contributed by atoms with E-state index in [4.69, 9.17) is 20.9 Å². The highest BCUT2D eigenvalue weighted by atomic mass is 35.5. The van der Waals surface area contributed by atoms with Crippen LogP contribution in [0.2, 0.25) is 5.02 Å². The van der Waals surface area contributed by atoms with Crippen LogP contribution in [0.1, 0.15) is 37.5 Å². The number of fused-ring (bicyclic) bond motifs is 3. The Bertz CT molecular complexity index is 1380. The Balaban J connectivity index is 1.41. The van der Waals surface area contributed by atoms with Crippen LogP contribution < -0.4 is 15.6 Å². The molecule has 1 aromatic carbocycles. The second-order valence-corrected chi connectivity index (χ2v) is 8.72. The molecule has 1 N–H and O–H groups in total. The third-order valence-corrected chi connectivity index (χ3v) is 6.46. The predicted octanol–water partition coefficient (Wildman–Crippen LogP) is 4.18. The van der Waals surface area contributed by atoms with Crippen molar-refractivity contribution in [3.05, 3.63) is 63.7 Å². The van der Waals surface area contributed by atoms with E-state index in [1.165, 1.54) is 0 Å². The first kappa shape index (κ1) is 21.5. The molecular weight excluding hydrogens is 444 g/mol. The first-order chi connectivity index (χ1) is 16.0. The highest BCUT2D eigenvalue weighted by molar-refractivity contribution is 6.37. The Kier molecular flexibility index (Phi) is 5.76. The van der Waals surface area contributed by atoms with Gasteiger partial charge < -0.3 is 19.1 Å². The molecule has 5 rings (SSSR count). The average Bonchev–Trinajstić information content (AvgIpc) is 3.20. The van der Waals surface area contributed by atoms with Crippen LogP contribution in [-0.2, 0) is 4.79 Å². The van der Waals surface area contributed by atoms with Gasteiger partial charge in [-0.1, -0.05) is 28.9 Å². The standard InChI is InChI=1S/C24H23ClN4O4/c1-14-21-23(28-33-14)22-17(25)8-5-9-18(22)29(24(21)31)16-7-4-6-15(12-16)27-19(30)13-32-20-10-2-3-11-26-20/h2-3,5,8-11,15-16H,4,6-7,12-13H2,1H3,(H,27,30). The Hall–Kier alpha value is -3.39. The number of hydrogen-bond acceptors (Lipinski definition) is 6. The Morgan fingerprint density at radius 1 is 1.24 bits per heavy atom. The molecule has 0 bridgehead atoms. The van der Waals surface area contributed by atoms with Gasteiger partial charge in [-0.2, -0.15) is 0 Å². The van der Waals surface area contributed by atoms with Crippen molar-refractivity contribution >= 4 is 39.3 Å². The fourth-order valence-electron chi connectivity index (χ4n) is 4.71. The zero-order chi connectivity index (χ0) is 22.9. The lowest BCUT2D eigenvalue weighted by atomic mass is 9.90. The number of ether oxygens (including phenoxy) is 1. The van der Waals surface area contributed by atoms with Crippen LogP contribution in [0.25, 0.3) is 21.8 Å². The van der Waals surface area contributed by atoms with Crippen molar-refractivity contribution in [2.45, 2.75) is 44.7 Å². The summed E-state index contributed by atoms with van der Waals surface area (Å²) in [7, 11) is 0. The molecule has 8 nitrogen and oxygen atoms in total. The fraction of sp³-hybridized carbons (Fsp3) is 0.333. The van der Waals surface area contributed by atoms with Gasteiger partial charge in [0.2, 0.25) is 5.88 Å². The molecule has 1 saturated carbocycles. The van der Waals surface area contributed by atoms with Crippen molar-refractivity contribution in [1.29, 1.82) is 0 Å². The van der Waals surface area contributed by atoms with Gasteiger partial charge in [0, 0.05) is 29.7 Å². The third-order valence-electron chi connectivity index (χ3n) is 6.15. The van der Waals surface area contributed by atoms with Crippen LogP contribution in [0.5, 0.6) is 5.88 Å². The third kappa shape index (κ3) is 4.06. The van der Waals surface area contributed by atoms with Gasteiger partial charge in [-0.25, -0.2) is 4.98 Å². The van der Waals surface area contributed by atoms with Gasteiger partial charge in [-0.3, -0.25) is 9.59 Å². The summed E-state index contributed by atoms with van der Waals surface area (Å²) >= 11 is 6.52. The Morgan fingerprint density at radius 3 is 2.94 bits per heavy atom. The zero-order valence-corrected chi connectivity index (χ0v) is 18.8. The molecular formula is C24H23ClN4O4. The second kappa shape index (κ2) is 8.86. The van der Waals surface area contributed by atoms with Gasteiger partial charge in [-0.15, -0.1) is 0 Å². The first-order valence-corrected chi connectivity index (χ1v) is 11.3. The number of rotatable bonds is 5. The predicted molar refractivity (Wildman–Crippen MR) is 125 cm³/mol. The topological polar surface area (TPSA) is 99.2 Å². The molecule has 2 unspecified atom stereocenters. The molecule has 1 fully saturated rings. The molecule has 33 heavy (non-hydrogen) atoms. The van der Waals surface area contributed by atoms with E-state index in [1.807, 2.05) is 12.1 Å². The summed E-state index contributed by atoms with van der Waals surface area (Å²) in [5, 5.41) is 8.83. The van der Waals surface area contributed by atoms with Crippen LogP contribution in [0, 0.1) is 6.92 Å². The molecule has 4 aromatic rings. The van der Waals surface area contributed by atoms with Gasteiger partial charge in [-0.05, 0) is 50.8 Å². The molecule has 0 aliphatic heterocycles. The molecule has 0 saturated heterocycles. The van der Waals surface area contributed by atoms with Crippen LogP contribution in [0.15, 0.2) is 51.9 Å². The lowest BCUT2D eigenvalue weighted by molar-refractivity contribution is -0.124. The van der Waals surface area contributed by atoms with Crippen molar-refractivity contribution in [1.82, 2.24) is 20.0 Å². The number of aromatic nitrogens is 3. The van der Waals surface area contributed by atoms with Crippen molar-refractivity contribution in [3.63, 3.8) is 0 Å². The molecule has 2 atom stereocenters. The van der Waals surface area contributed by atoms with E-state index in [9.17, 15) is 9.59 Å². The van der Waals surface area contributed by atoms with Gasteiger partial charge in [0.1, 0.15) is 16.7 Å². The number of carbonyl (C=O) groups is 1. The highest BCUT2D eigenvalue weighted by Gasteiger charge is 2.28. The summed E-state index contributed by atoms with van der Waals surface area (Å²) in [5.74, 6) is 0.663. The van der Waals surface area contributed by atoms with E-state index >= 15 is 0 Å².